The van der Waals surface area contributed by atoms with Crippen LogP contribution in [0.5, 0.6) is 5.75 Å². The van der Waals surface area contributed by atoms with E-state index in [1.807, 2.05) is 12.1 Å². The molecule has 1 N–H and O–H groups in total. The average molecular weight is 281 g/mol. The van der Waals surface area contributed by atoms with E-state index in [1.165, 1.54) is 0 Å². The minimum atomic E-state index is -0.0583. The van der Waals surface area contributed by atoms with E-state index < -0.39 is 0 Å². The van der Waals surface area contributed by atoms with Gasteiger partial charge < -0.3 is 5.11 Å². The Balaban J connectivity index is 3.05. The van der Waals surface area contributed by atoms with Crippen molar-refractivity contribution in [1.82, 2.24) is 0 Å². The molecule has 0 aliphatic heterocycles. The van der Waals surface area contributed by atoms with Gasteiger partial charge in [0.25, 0.3) is 0 Å². The lowest BCUT2D eigenvalue weighted by atomic mass is 9.85. The second-order valence-electron chi connectivity index (χ2n) is 4.72. The summed E-state index contributed by atoms with van der Waals surface area (Å²) < 4.78 is 0. The molecule has 1 aromatic carbocycles. The molecule has 0 saturated heterocycles. The number of hydrogen-bond acceptors (Lipinski definition) is 1. The first-order chi connectivity index (χ1) is 7.45. The predicted octanol–water partition coefficient (Wildman–Crippen LogP) is 3.83. The first-order valence-electron chi connectivity index (χ1n) is 5.33. The molecule has 0 aliphatic rings. The third-order valence-electron chi connectivity index (χ3n) is 2.26. The number of halogens is 1. The van der Waals surface area contributed by atoms with Gasteiger partial charge in [-0.2, -0.15) is 0 Å². The molecule has 1 nitrogen and oxygen atoms in total. The molecule has 0 radical (unpaired) electrons. The van der Waals surface area contributed by atoms with Crippen molar-refractivity contribution in [3.63, 3.8) is 0 Å². The van der Waals surface area contributed by atoms with E-state index in [-0.39, 0.29) is 5.41 Å². The van der Waals surface area contributed by atoms with Gasteiger partial charge in [-0.3, -0.25) is 0 Å². The molecule has 0 heterocycles. The molecular formula is C14H17BrO. The fraction of sp³-hybridized carbons (Fsp3) is 0.429. The van der Waals surface area contributed by atoms with Gasteiger partial charge in [-0.25, -0.2) is 0 Å². The van der Waals surface area contributed by atoms with Crippen molar-refractivity contribution >= 4 is 15.9 Å². The number of rotatable bonds is 1. The number of benzene rings is 1. The molecule has 0 fully saturated rings. The fourth-order valence-corrected chi connectivity index (χ4v) is 1.62. The van der Waals surface area contributed by atoms with Gasteiger partial charge >= 0.3 is 0 Å². The monoisotopic (exact) mass is 280 g/mol. The van der Waals surface area contributed by atoms with Crippen molar-refractivity contribution in [2.24, 2.45) is 0 Å². The maximum atomic E-state index is 9.79. The van der Waals surface area contributed by atoms with E-state index in [2.05, 4.69) is 48.5 Å². The summed E-state index contributed by atoms with van der Waals surface area (Å²) in [5.74, 6) is 6.51. The van der Waals surface area contributed by atoms with Crippen molar-refractivity contribution in [1.29, 1.82) is 0 Å². The molecular weight excluding hydrogens is 264 g/mol. The highest BCUT2D eigenvalue weighted by Crippen LogP contribution is 2.30. The largest absolute Gasteiger partial charge is 0.508 e. The van der Waals surface area contributed by atoms with Crippen LogP contribution in [0.3, 0.4) is 0 Å². The summed E-state index contributed by atoms with van der Waals surface area (Å²) in [5, 5.41) is 10.7. The van der Waals surface area contributed by atoms with E-state index in [0.29, 0.717) is 5.75 Å². The molecule has 2 heteroatoms. The summed E-state index contributed by atoms with van der Waals surface area (Å²) in [5.41, 5.74) is 1.85. The molecule has 0 atom stereocenters. The summed E-state index contributed by atoms with van der Waals surface area (Å²) in [4.78, 5) is 0. The summed E-state index contributed by atoms with van der Waals surface area (Å²) >= 11 is 3.34. The van der Waals surface area contributed by atoms with Crippen LogP contribution in [0.4, 0.5) is 0 Å². The van der Waals surface area contributed by atoms with Gasteiger partial charge in [0.2, 0.25) is 0 Å². The van der Waals surface area contributed by atoms with Crippen LogP contribution in [0.15, 0.2) is 18.2 Å². The van der Waals surface area contributed by atoms with E-state index in [9.17, 15) is 5.11 Å². The van der Waals surface area contributed by atoms with Gasteiger partial charge in [0.1, 0.15) is 5.75 Å². The Morgan fingerprint density at radius 3 is 2.56 bits per heavy atom. The van der Waals surface area contributed by atoms with E-state index in [0.717, 1.165) is 22.9 Å². The predicted molar refractivity (Wildman–Crippen MR) is 72.1 cm³/mol. The second kappa shape index (κ2) is 5.41. The van der Waals surface area contributed by atoms with Crippen LogP contribution in [0.2, 0.25) is 0 Å². The third-order valence-corrected chi connectivity index (χ3v) is 2.65. The Bertz CT molecular complexity index is 419. The smallest absolute Gasteiger partial charge is 0.119 e. The molecule has 1 aromatic rings. The quantitative estimate of drug-likeness (QED) is 0.612. The molecule has 1 rings (SSSR count). The number of alkyl halides is 1. The minimum Gasteiger partial charge on any atom is -0.508 e. The zero-order chi connectivity index (χ0) is 12.2. The molecule has 0 unspecified atom stereocenters. The molecule has 16 heavy (non-hydrogen) atoms. The molecule has 0 aliphatic carbocycles. The Kier molecular flexibility index (Phi) is 4.44. The average Bonchev–Trinajstić information content (AvgIpc) is 2.19. The van der Waals surface area contributed by atoms with Gasteiger partial charge in [-0.15, -0.1) is 0 Å². The Morgan fingerprint density at radius 2 is 2.00 bits per heavy atom. The van der Waals surface area contributed by atoms with Crippen molar-refractivity contribution in [2.75, 3.05) is 5.33 Å². The lowest BCUT2D eigenvalue weighted by molar-refractivity contribution is 0.446. The number of phenols is 1. The van der Waals surface area contributed by atoms with Crippen LogP contribution < -0.4 is 0 Å². The summed E-state index contributed by atoms with van der Waals surface area (Å²) in [6.07, 6.45) is 0.839. The first-order valence-corrected chi connectivity index (χ1v) is 6.45. The highest BCUT2D eigenvalue weighted by molar-refractivity contribution is 9.09. The van der Waals surface area contributed by atoms with E-state index >= 15 is 0 Å². The van der Waals surface area contributed by atoms with Crippen LogP contribution >= 0.6 is 15.9 Å². The van der Waals surface area contributed by atoms with E-state index in [1.54, 1.807) is 6.07 Å². The standard InChI is InChI=1S/C14H17BrO/c1-14(2,3)12-10-11(6-4-5-9-15)7-8-13(12)16/h7-8,10,16H,5,9H2,1-3H3. The summed E-state index contributed by atoms with van der Waals surface area (Å²) in [6, 6.07) is 5.54. The van der Waals surface area contributed by atoms with Crippen LogP contribution in [0, 0.1) is 11.8 Å². The molecule has 0 amide bonds. The van der Waals surface area contributed by atoms with Gasteiger partial charge in [-0.05, 0) is 23.6 Å². The SMILES string of the molecule is CC(C)(C)c1cc(C#CCCBr)ccc1O. The number of aromatic hydroxyl groups is 1. The van der Waals surface area contributed by atoms with Gasteiger partial charge in [0.05, 0.1) is 0 Å². The highest BCUT2D eigenvalue weighted by atomic mass is 79.9. The third kappa shape index (κ3) is 3.57. The lowest BCUT2D eigenvalue weighted by Gasteiger charge is -2.20. The Hall–Kier alpha value is -0.940. The molecule has 0 saturated carbocycles. The normalized spacial score (nSPS) is 10.8. The maximum Gasteiger partial charge on any atom is 0.119 e. The molecule has 0 spiro atoms. The minimum absolute atomic E-state index is 0.0583. The van der Waals surface area contributed by atoms with Crippen molar-refractivity contribution in [3.05, 3.63) is 29.3 Å². The second-order valence-corrected chi connectivity index (χ2v) is 5.52. The van der Waals surface area contributed by atoms with E-state index in [4.69, 9.17) is 0 Å². The van der Waals surface area contributed by atoms with Crippen LogP contribution in [-0.2, 0) is 5.41 Å². The molecule has 0 aromatic heterocycles. The zero-order valence-corrected chi connectivity index (χ0v) is 11.6. The van der Waals surface area contributed by atoms with Crippen molar-refractivity contribution in [3.8, 4) is 17.6 Å². The number of phenolic OH excluding ortho intramolecular Hbond substituents is 1. The number of hydrogen-bond donors (Lipinski definition) is 1. The summed E-state index contributed by atoms with van der Waals surface area (Å²) in [6.45, 7) is 6.24. The topological polar surface area (TPSA) is 20.2 Å². The zero-order valence-electron chi connectivity index (χ0n) is 9.97. The molecule has 86 valence electrons. The first kappa shape index (κ1) is 13.1. The summed E-state index contributed by atoms with van der Waals surface area (Å²) in [7, 11) is 0. The Morgan fingerprint density at radius 1 is 1.31 bits per heavy atom. The van der Waals surface area contributed by atoms with Crippen molar-refractivity contribution < 1.29 is 5.11 Å². The van der Waals surface area contributed by atoms with Gasteiger partial charge in [-0.1, -0.05) is 48.5 Å². The van der Waals surface area contributed by atoms with Crippen LogP contribution in [-0.4, -0.2) is 10.4 Å². The van der Waals surface area contributed by atoms with Crippen LogP contribution in [0.1, 0.15) is 38.3 Å². The van der Waals surface area contributed by atoms with Gasteiger partial charge in [0.15, 0.2) is 0 Å². The lowest BCUT2D eigenvalue weighted by Crippen LogP contribution is -2.11. The van der Waals surface area contributed by atoms with Crippen molar-refractivity contribution in [2.45, 2.75) is 32.6 Å². The van der Waals surface area contributed by atoms with Crippen LogP contribution in [0.25, 0.3) is 0 Å². The van der Waals surface area contributed by atoms with Gasteiger partial charge in [0, 0.05) is 22.9 Å². The maximum absolute atomic E-state index is 9.79. The highest BCUT2D eigenvalue weighted by Gasteiger charge is 2.17. The molecule has 0 bridgehead atoms. The fourth-order valence-electron chi connectivity index (χ4n) is 1.43. The Labute approximate surface area is 106 Å².